The molecule has 3 aliphatic heterocycles. The monoisotopic (exact) mass is 898 g/mol. The van der Waals surface area contributed by atoms with Crippen molar-refractivity contribution in [1.29, 1.82) is 0 Å². The van der Waals surface area contributed by atoms with Crippen molar-refractivity contribution in [2.24, 2.45) is 11.8 Å². The van der Waals surface area contributed by atoms with Gasteiger partial charge in [-0.05, 0) is 93.2 Å². The SMILES string of the molecule is CC(C)=CCCC1(C)C=Cc2c(c(CC=C(C)C)c3c(c2OP(=O)(O)OP(=O)(O)OP(=O)(O)O)C(=O)C2=CC4CC5C(C)(C)OC(CC=C(C)C(=O)OCO)(C4=O)C25O3)O1. The summed E-state index contributed by atoms with van der Waals surface area (Å²) in [5, 5.41) is 9.21. The molecule has 6 aliphatic rings. The first-order valence-electron chi connectivity index (χ1n) is 19.0. The molecule has 0 amide bonds. The third kappa shape index (κ3) is 8.25. The van der Waals surface area contributed by atoms with Crippen LogP contribution < -0.4 is 14.0 Å². The molecule has 18 nitrogen and oxygen atoms in total. The largest absolute Gasteiger partial charge is 0.536 e. The normalized spacial score (nSPS) is 29.1. The van der Waals surface area contributed by atoms with Gasteiger partial charge in [0.15, 0.2) is 35.3 Å². The lowest BCUT2D eigenvalue weighted by atomic mass is 9.51. The van der Waals surface area contributed by atoms with Gasteiger partial charge < -0.3 is 43.3 Å². The second-order valence-electron chi connectivity index (χ2n) is 16.7. The average Bonchev–Trinajstić information content (AvgIpc) is 3.25. The first-order valence-corrected chi connectivity index (χ1v) is 23.5. The zero-order valence-electron chi connectivity index (χ0n) is 34.2. The number of Topliss-reactive ketones (excluding diaryl/α,β-unsaturated/α-hetero) is 2. The van der Waals surface area contributed by atoms with E-state index in [0.717, 1.165) is 11.1 Å². The van der Waals surface area contributed by atoms with Gasteiger partial charge in [-0.1, -0.05) is 35.5 Å². The Morgan fingerprint density at radius 1 is 0.917 bits per heavy atom. The van der Waals surface area contributed by atoms with Crippen LogP contribution in [0.3, 0.4) is 0 Å². The number of allylic oxidation sites excluding steroid dienone is 5. The van der Waals surface area contributed by atoms with Gasteiger partial charge >= 0.3 is 29.4 Å². The predicted octanol–water partition coefficient (Wildman–Crippen LogP) is 6.65. The Morgan fingerprint density at radius 3 is 2.20 bits per heavy atom. The average molecular weight is 899 g/mol. The van der Waals surface area contributed by atoms with E-state index in [-0.39, 0.29) is 53.0 Å². The number of hydrogen-bond acceptors (Lipinski definition) is 14. The van der Waals surface area contributed by atoms with Gasteiger partial charge in [0.2, 0.25) is 0 Å². The Morgan fingerprint density at radius 2 is 1.58 bits per heavy atom. The Labute approximate surface area is 346 Å². The fraction of sp³-hybridized carbons (Fsp3) is 0.513. The van der Waals surface area contributed by atoms with Crippen molar-refractivity contribution in [2.75, 3.05) is 6.79 Å². The summed E-state index contributed by atoms with van der Waals surface area (Å²) in [5.74, 6) is -4.57. The maximum atomic E-state index is 15.4. The van der Waals surface area contributed by atoms with E-state index in [9.17, 15) is 38.2 Å². The number of carbonyl (C=O) groups excluding carboxylic acids is 3. The molecule has 0 aromatic heterocycles. The molecule has 21 heteroatoms. The zero-order chi connectivity index (χ0) is 44.6. The van der Waals surface area contributed by atoms with Crippen LogP contribution in [0.25, 0.3) is 6.08 Å². The van der Waals surface area contributed by atoms with Gasteiger partial charge in [0, 0.05) is 35.0 Å². The Balaban J connectivity index is 1.64. The van der Waals surface area contributed by atoms with Crippen molar-refractivity contribution in [3.05, 3.63) is 69.4 Å². The second kappa shape index (κ2) is 15.7. The fourth-order valence-electron chi connectivity index (χ4n) is 8.83. The lowest BCUT2D eigenvalue weighted by Crippen LogP contribution is -2.72. The highest BCUT2D eigenvalue weighted by molar-refractivity contribution is 7.66. The molecule has 5 N–H and O–H groups in total. The minimum absolute atomic E-state index is 0.0265. The number of carbonyl (C=O) groups is 3. The number of esters is 1. The Bertz CT molecular complexity index is 2340. The highest BCUT2D eigenvalue weighted by Crippen LogP contribution is 2.71. The maximum absolute atomic E-state index is 15.4. The smallest absolute Gasteiger partial charge is 0.482 e. The quantitative estimate of drug-likeness (QED) is 0.0405. The predicted molar refractivity (Wildman–Crippen MR) is 213 cm³/mol. The molecule has 7 unspecified atom stereocenters. The highest BCUT2D eigenvalue weighted by Gasteiger charge is 2.81. The summed E-state index contributed by atoms with van der Waals surface area (Å²) in [7, 11) is -17.7. The molecule has 1 saturated heterocycles. The number of benzene rings is 1. The molecule has 2 fully saturated rings. The minimum Gasteiger partial charge on any atom is -0.482 e. The van der Waals surface area contributed by atoms with Crippen LogP contribution in [-0.2, 0) is 47.8 Å². The third-order valence-corrected chi connectivity index (χ3v) is 15.0. The zero-order valence-corrected chi connectivity index (χ0v) is 36.9. The molecule has 7 rings (SSSR count). The Hall–Kier alpha value is -3.50. The van der Waals surface area contributed by atoms with E-state index < -0.39 is 93.3 Å². The lowest BCUT2D eigenvalue weighted by Gasteiger charge is -2.56. The van der Waals surface area contributed by atoms with Crippen LogP contribution in [0.4, 0.5) is 0 Å². The topological polar surface area (TPSA) is 268 Å². The van der Waals surface area contributed by atoms with Crippen molar-refractivity contribution >= 4 is 47.1 Å². The molecule has 328 valence electrons. The van der Waals surface area contributed by atoms with Crippen molar-refractivity contribution in [3.8, 4) is 17.2 Å². The number of aliphatic hydroxyl groups excluding tert-OH is 1. The van der Waals surface area contributed by atoms with Crippen LogP contribution in [0.15, 0.2) is 52.7 Å². The third-order valence-electron chi connectivity index (χ3n) is 11.3. The second-order valence-corrected chi connectivity index (χ2v) is 21.0. The fourth-order valence-corrected chi connectivity index (χ4v) is 11.9. The number of ether oxygens (including phenoxy) is 4. The first kappa shape index (κ1) is 46.0. The van der Waals surface area contributed by atoms with Crippen LogP contribution in [-0.4, -0.2) is 71.4 Å². The van der Waals surface area contributed by atoms with Crippen molar-refractivity contribution in [2.45, 2.75) is 110 Å². The highest BCUT2D eigenvalue weighted by atomic mass is 31.3. The van der Waals surface area contributed by atoms with Crippen molar-refractivity contribution in [3.63, 3.8) is 0 Å². The van der Waals surface area contributed by atoms with Crippen LogP contribution in [0.1, 0.15) is 103 Å². The number of fused-ring (bicyclic) bond motifs is 2. The number of phosphoric ester groups is 1. The van der Waals surface area contributed by atoms with Gasteiger partial charge in [-0.15, -0.1) is 0 Å². The molecule has 4 bridgehead atoms. The molecule has 7 atom stereocenters. The van der Waals surface area contributed by atoms with Gasteiger partial charge in [-0.3, -0.25) is 14.5 Å². The molecule has 1 aromatic carbocycles. The summed E-state index contributed by atoms with van der Waals surface area (Å²) >= 11 is 0. The number of aliphatic hydroxyl groups is 1. The number of phosphoric acid groups is 3. The standard InChI is InChI=1S/C39H49O18P3/c1-21(2)10-9-15-37(8)16-14-26-31(52-37)25(12-11-22(3)4)32-29(33(26)54-59(47,48)57-60(49,50)56-58(44,45)46)30(41)27-18-24-19-28-36(6,7)55-38(34(24)42,39(27,28)53-32)17-13-23(5)35(43)51-20-40/h10-11,13-14,16,18,24,28,40H,9,12,15,17,19-20H2,1-8H3,(H,47,48)(H,49,50)(H2,44,45,46). The molecule has 60 heavy (non-hydrogen) atoms. The summed E-state index contributed by atoms with van der Waals surface area (Å²) in [6.45, 7) is 13.4. The van der Waals surface area contributed by atoms with Gasteiger partial charge in [-0.25, -0.2) is 18.5 Å². The number of ketones is 2. The van der Waals surface area contributed by atoms with E-state index in [1.54, 1.807) is 26.8 Å². The number of hydrogen-bond donors (Lipinski definition) is 5. The van der Waals surface area contributed by atoms with E-state index >= 15 is 4.79 Å². The van der Waals surface area contributed by atoms with Crippen LogP contribution in [0, 0.1) is 11.8 Å². The summed E-state index contributed by atoms with van der Waals surface area (Å²) < 4.78 is 76.5. The Kier molecular flexibility index (Phi) is 12.0. The molecule has 1 spiro atoms. The van der Waals surface area contributed by atoms with Gasteiger partial charge in [0.05, 0.1) is 11.2 Å². The summed E-state index contributed by atoms with van der Waals surface area (Å²) in [6, 6.07) is 0. The van der Waals surface area contributed by atoms with Crippen LogP contribution in [0.2, 0.25) is 0 Å². The van der Waals surface area contributed by atoms with E-state index in [1.165, 1.54) is 25.2 Å². The van der Waals surface area contributed by atoms with Crippen molar-refractivity contribution in [1.82, 2.24) is 0 Å². The number of rotatable bonds is 15. The maximum Gasteiger partial charge on any atom is 0.536 e. The summed E-state index contributed by atoms with van der Waals surface area (Å²) in [5.41, 5.74) is -4.32. The summed E-state index contributed by atoms with van der Waals surface area (Å²) in [6.07, 6.45) is 10.8. The van der Waals surface area contributed by atoms with Gasteiger partial charge in [0.1, 0.15) is 22.7 Å². The molecule has 1 aromatic rings. The first-order chi connectivity index (χ1) is 27.6. The van der Waals surface area contributed by atoms with Gasteiger partial charge in [0.25, 0.3) is 0 Å². The van der Waals surface area contributed by atoms with E-state index in [2.05, 4.69) is 8.62 Å². The molecule has 1 saturated carbocycles. The van der Waals surface area contributed by atoms with E-state index in [0.29, 0.717) is 12.8 Å². The molecular weight excluding hydrogens is 849 g/mol. The molecule has 3 aliphatic carbocycles. The van der Waals surface area contributed by atoms with Crippen LogP contribution in [0.5, 0.6) is 17.2 Å². The molecule has 0 radical (unpaired) electrons. The van der Waals surface area contributed by atoms with Crippen LogP contribution >= 0.6 is 23.5 Å². The van der Waals surface area contributed by atoms with Gasteiger partial charge in [-0.2, -0.15) is 8.62 Å². The summed E-state index contributed by atoms with van der Waals surface area (Å²) in [4.78, 5) is 82.0. The molecule has 3 heterocycles. The van der Waals surface area contributed by atoms with E-state index in [4.69, 9.17) is 33.3 Å². The molecular formula is C39H49O18P3. The van der Waals surface area contributed by atoms with Crippen molar-refractivity contribution < 1.29 is 84.9 Å². The minimum atomic E-state index is -6.01. The lowest BCUT2D eigenvalue weighted by molar-refractivity contribution is -0.171. The van der Waals surface area contributed by atoms with E-state index in [1.807, 2.05) is 39.8 Å².